The van der Waals surface area contributed by atoms with E-state index in [1.54, 1.807) is 6.20 Å². The highest BCUT2D eigenvalue weighted by molar-refractivity contribution is 5.47. The molecule has 0 spiro atoms. The number of hydrogen-bond donors (Lipinski definition) is 1. The molecule has 1 aliphatic heterocycles. The van der Waals surface area contributed by atoms with Crippen molar-refractivity contribution >= 4 is 5.69 Å². The Morgan fingerprint density at radius 3 is 2.48 bits per heavy atom. The highest BCUT2D eigenvalue weighted by atomic mass is 16.5. The van der Waals surface area contributed by atoms with Gasteiger partial charge in [-0.1, -0.05) is 18.2 Å². The molecular weight excluding hydrogens is 262 g/mol. The minimum Gasteiger partial charge on any atom is -0.378 e. The summed E-state index contributed by atoms with van der Waals surface area (Å²) >= 11 is 0. The molecule has 0 aliphatic carbocycles. The topological polar surface area (TPSA) is 37.4 Å². The minimum atomic E-state index is 0.828. The molecule has 0 unspecified atom stereocenters. The lowest BCUT2D eigenvalue weighted by molar-refractivity contribution is 0.122. The van der Waals surface area contributed by atoms with E-state index in [1.165, 1.54) is 16.8 Å². The number of anilines is 1. The van der Waals surface area contributed by atoms with Gasteiger partial charge in [-0.25, -0.2) is 0 Å². The SMILES string of the molecule is c1cncc(CNCc2ccc(N3CCOCC3)cc2)c1. The number of hydrogen-bond acceptors (Lipinski definition) is 4. The van der Waals surface area contributed by atoms with Gasteiger partial charge in [-0.15, -0.1) is 0 Å². The van der Waals surface area contributed by atoms with Crippen molar-refractivity contribution in [3.63, 3.8) is 0 Å². The van der Waals surface area contributed by atoms with E-state index in [0.29, 0.717) is 0 Å². The van der Waals surface area contributed by atoms with Crippen LogP contribution in [0.15, 0.2) is 48.8 Å². The van der Waals surface area contributed by atoms with Crippen molar-refractivity contribution in [2.75, 3.05) is 31.2 Å². The third kappa shape index (κ3) is 4.03. The second-order valence-electron chi connectivity index (χ2n) is 5.23. The van der Waals surface area contributed by atoms with Crippen LogP contribution in [0.3, 0.4) is 0 Å². The van der Waals surface area contributed by atoms with Crippen LogP contribution in [-0.4, -0.2) is 31.3 Å². The Morgan fingerprint density at radius 1 is 1.00 bits per heavy atom. The van der Waals surface area contributed by atoms with Gasteiger partial charge in [-0.2, -0.15) is 0 Å². The van der Waals surface area contributed by atoms with Crippen LogP contribution in [0.1, 0.15) is 11.1 Å². The largest absolute Gasteiger partial charge is 0.378 e. The Hall–Kier alpha value is -1.91. The van der Waals surface area contributed by atoms with Crippen LogP contribution in [0, 0.1) is 0 Å². The molecule has 0 atom stereocenters. The molecule has 0 radical (unpaired) electrons. The van der Waals surface area contributed by atoms with Crippen LogP contribution in [0.5, 0.6) is 0 Å². The molecular formula is C17H21N3O. The Morgan fingerprint density at radius 2 is 1.76 bits per heavy atom. The molecule has 2 heterocycles. The van der Waals surface area contributed by atoms with Crippen molar-refractivity contribution in [3.8, 4) is 0 Å². The van der Waals surface area contributed by atoms with Crippen LogP contribution in [0.2, 0.25) is 0 Å². The van der Waals surface area contributed by atoms with Crippen molar-refractivity contribution in [1.29, 1.82) is 0 Å². The van der Waals surface area contributed by atoms with Crippen LogP contribution >= 0.6 is 0 Å². The molecule has 4 heteroatoms. The van der Waals surface area contributed by atoms with Crippen molar-refractivity contribution in [2.24, 2.45) is 0 Å². The Balaban J connectivity index is 1.50. The molecule has 1 N–H and O–H groups in total. The lowest BCUT2D eigenvalue weighted by Crippen LogP contribution is -2.36. The molecule has 1 aromatic carbocycles. The van der Waals surface area contributed by atoms with Gasteiger partial charge in [-0.3, -0.25) is 4.98 Å². The fourth-order valence-corrected chi connectivity index (χ4v) is 2.50. The van der Waals surface area contributed by atoms with Gasteiger partial charge in [0.25, 0.3) is 0 Å². The van der Waals surface area contributed by atoms with E-state index in [9.17, 15) is 0 Å². The summed E-state index contributed by atoms with van der Waals surface area (Å²) < 4.78 is 5.38. The van der Waals surface area contributed by atoms with E-state index in [-0.39, 0.29) is 0 Å². The molecule has 1 aromatic heterocycles. The van der Waals surface area contributed by atoms with Gasteiger partial charge >= 0.3 is 0 Å². The maximum atomic E-state index is 5.38. The molecule has 0 amide bonds. The van der Waals surface area contributed by atoms with E-state index in [4.69, 9.17) is 4.74 Å². The molecule has 1 aliphatic rings. The lowest BCUT2D eigenvalue weighted by Gasteiger charge is -2.28. The van der Waals surface area contributed by atoms with Crippen LogP contribution in [0.25, 0.3) is 0 Å². The number of rotatable bonds is 5. The number of nitrogens with zero attached hydrogens (tertiary/aromatic N) is 2. The van der Waals surface area contributed by atoms with Gasteiger partial charge in [0.1, 0.15) is 0 Å². The molecule has 110 valence electrons. The fourth-order valence-electron chi connectivity index (χ4n) is 2.50. The third-order valence-corrected chi connectivity index (χ3v) is 3.69. The first kappa shape index (κ1) is 14.0. The first-order valence-corrected chi connectivity index (χ1v) is 7.43. The standard InChI is InChI=1S/C17H21N3O/c1-2-16(13-18-7-1)14-19-12-15-3-5-17(6-4-15)20-8-10-21-11-9-20/h1-7,13,19H,8-12,14H2. The van der Waals surface area contributed by atoms with E-state index < -0.39 is 0 Å². The highest BCUT2D eigenvalue weighted by Gasteiger charge is 2.10. The third-order valence-electron chi connectivity index (χ3n) is 3.69. The van der Waals surface area contributed by atoms with E-state index in [2.05, 4.69) is 45.5 Å². The zero-order chi connectivity index (χ0) is 14.3. The second-order valence-corrected chi connectivity index (χ2v) is 5.23. The molecule has 4 nitrogen and oxygen atoms in total. The first-order valence-electron chi connectivity index (χ1n) is 7.43. The number of nitrogens with one attached hydrogen (secondary N) is 1. The van der Waals surface area contributed by atoms with Crippen LogP contribution < -0.4 is 10.2 Å². The minimum absolute atomic E-state index is 0.828. The van der Waals surface area contributed by atoms with Gasteiger partial charge in [0.15, 0.2) is 0 Å². The Labute approximate surface area is 125 Å². The predicted octanol–water partition coefficient (Wildman–Crippen LogP) is 2.21. The average molecular weight is 283 g/mol. The highest BCUT2D eigenvalue weighted by Crippen LogP contribution is 2.16. The van der Waals surface area contributed by atoms with Gasteiger partial charge in [0.05, 0.1) is 13.2 Å². The summed E-state index contributed by atoms with van der Waals surface area (Å²) in [5, 5.41) is 3.44. The maximum Gasteiger partial charge on any atom is 0.0642 e. The number of pyridine rings is 1. The lowest BCUT2D eigenvalue weighted by atomic mass is 10.2. The molecule has 0 saturated carbocycles. The van der Waals surface area contributed by atoms with Crippen molar-refractivity contribution < 1.29 is 4.74 Å². The van der Waals surface area contributed by atoms with E-state index >= 15 is 0 Å². The number of morpholine rings is 1. The summed E-state index contributed by atoms with van der Waals surface area (Å²) in [5.41, 5.74) is 3.80. The fraction of sp³-hybridized carbons (Fsp3) is 0.353. The number of aromatic nitrogens is 1. The zero-order valence-corrected chi connectivity index (χ0v) is 12.2. The Bertz CT molecular complexity index is 536. The second kappa shape index (κ2) is 7.20. The van der Waals surface area contributed by atoms with Crippen molar-refractivity contribution in [2.45, 2.75) is 13.1 Å². The summed E-state index contributed by atoms with van der Waals surface area (Å²) in [4.78, 5) is 6.49. The smallest absolute Gasteiger partial charge is 0.0642 e. The van der Waals surface area contributed by atoms with Crippen molar-refractivity contribution in [3.05, 3.63) is 59.9 Å². The molecule has 0 bridgehead atoms. The summed E-state index contributed by atoms with van der Waals surface area (Å²) in [6.45, 7) is 5.34. The maximum absolute atomic E-state index is 5.38. The summed E-state index contributed by atoms with van der Waals surface area (Å²) in [5.74, 6) is 0. The molecule has 3 rings (SSSR count). The summed E-state index contributed by atoms with van der Waals surface area (Å²) in [7, 11) is 0. The molecule has 1 saturated heterocycles. The van der Waals surface area contributed by atoms with Crippen molar-refractivity contribution in [1.82, 2.24) is 10.3 Å². The molecule has 1 fully saturated rings. The van der Waals surface area contributed by atoms with Crippen LogP contribution in [0.4, 0.5) is 5.69 Å². The summed E-state index contributed by atoms with van der Waals surface area (Å²) in [6, 6.07) is 12.8. The predicted molar refractivity (Wildman–Crippen MR) is 84.3 cm³/mol. The van der Waals surface area contributed by atoms with E-state index in [0.717, 1.165) is 39.4 Å². The van der Waals surface area contributed by atoms with Gasteiger partial charge < -0.3 is 15.0 Å². The number of benzene rings is 1. The zero-order valence-electron chi connectivity index (χ0n) is 12.2. The van der Waals surface area contributed by atoms with Crippen LogP contribution in [-0.2, 0) is 17.8 Å². The van der Waals surface area contributed by atoms with E-state index in [1.807, 2.05) is 12.3 Å². The monoisotopic (exact) mass is 283 g/mol. The average Bonchev–Trinajstić information content (AvgIpc) is 2.57. The normalized spacial score (nSPS) is 15.1. The molecule has 2 aromatic rings. The Kier molecular flexibility index (Phi) is 4.82. The van der Waals surface area contributed by atoms with Gasteiger partial charge in [-0.05, 0) is 29.3 Å². The van der Waals surface area contributed by atoms with Gasteiger partial charge in [0, 0.05) is 44.3 Å². The summed E-state index contributed by atoms with van der Waals surface area (Å²) in [6.07, 6.45) is 3.70. The quantitative estimate of drug-likeness (QED) is 0.913. The molecule has 21 heavy (non-hydrogen) atoms. The number of ether oxygens (including phenoxy) is 1. The first-order chi connectivity index (χ1) is 10.4. The van der Waals surface area contributed by atoms with Gasteiger partial charge in [0.2, 0.25) is 0 Å².